The Hall–Kier alpha value is -2.10. The van der Waals surface area contributed by atoms with Crippen LogP contribution in [0.15, 0.2) is 42.5 Å². The van der Waals surface area contributed by atoms with Crippen LogP contribution in [0.1, 0.15) is 51.9 Å². The lowest BCUT2D eigenvalue weighted by atomic mass is 9.80. The van der Waals surface area contributed by atoms with E-state index >= 15 is 4.39 Å². The third-order valence-electron chi connectivity index (χ3n) is 5.81. The molecule has 0 atom stereocenters. The smallest absolute Gasteiger partial charge is 0.207 e. The predicted octanol–water partition coefficient (Wildman–Crippen LogP) is 7.22. The van der Waals surface area contributed by atoms with E-state index in [1.54, 1.807) is 6.07 Å². The second-order valence-electron chi connectivity index (χ2n) is 8.00. The van der Waals surface area contributed by atoms with Crippen molar-refractivity contribution in [3.05, 3.63) is 48.3 Å². The molecule has 0 amide bonds. The molecule has 2 aromatic carbocycles. The van der Waals surface area contributed by atoms with Crippen LogP contribution in [0, 0.1) is 17.7 Å². The van der Waals surface area contributed by atoms with E-state index in [4.69, 9.17) is 9.47 Å². The van der Waals surface area contributed by atoms with Gasteiger partial charge in [-0.1, -0.05) is 62.9 Å². The number of rotatable bonds is 10. The molecule has 2 nitrogen and oxygen atoms in total. The maximum atomic E-state index is 15.2. The van der Waals surface area contributed by atoms with E-state index in [9.17, 15) is 4.39 Å². The molecule has 0 heterocycles. The summed E-state index contributed by atoms with van der Waals surface area (Å²) in [4.78, 5) is 0. The van der Waals surface area contributed by atoms with Crippen LogP contribution >= 0.6 is 0 Å². The molecular formula is C25H32F2O2. The molecule has 3 rings (SSSR count). The molecule has 0 radical (unpaired) electrons. The Labute approximate surface area is 173 Å². The van der Waals surface area contributed by atoms with Gasteiger partial charge < -0.3 is 9.47 Å². The van der Waals surface area contributed by atoms with Crippen molar-refractivity contribution in [3.63, 3.8) is 0 Å². The first-order chi connectivity index (χ1) is 14.2. The second-order valence-corrected chi connectivity index (χ2v) is 8.00. The van der Waals surface area contributed by atoms with Crippen LogP contribution in [-0.4, -0.2) is 19.9 Å². The van der Waals surface area contributed by atoms with Gasteiger partial charge in [-0.15, -0.1) is 0 Å². The van der Waals surface area contributed by atoms with Gasteiger partial charge in [-0.05, 0) is 42.4 Å². The Morgan fingerprint density at radius 3 is 2.34 bits per heavy atom. The van der Waals surface area contributed by atoms with Gasteiger partial charge in [0.15, 0.2) is 11.5 Å². The summed E-state index contributed by atoms with van der Waals surface area (Å²) in [5, 5.41) is 0. The zero-order chi connectivity index (χ0) is 20.5. The normalized spacial score (nSPS) is 19.1. The first-order valence-corrected chi connectivity index (χ1v) is 10.9. The minimum Gasteiger partial charge on any atom is -0.490 e. The SMILES string of the molecule is CCC[C@H]1CC[C@H](COc2ccc(-c3ccccc3)c(OCCCF)c2F)CC1. The van der Waals surface area contributed by atoms with Gasteiger partial charge in [-0.2, -0.15) is 4.39 Å². The van der Waals surface area contributed by atoms with Crippen LogP contribution in [0.4, 0.5) is 8.78 Å². The molecule has 0 spiro atoms. The number of halogens is 2. The van der Waals surface area contributed by atoms with Crippen molar-refractivity contribution in [2.75, 3.05) is 19.9 Å². The Morgan fingerprint density at radius 2 is 1.66 bits per heavy atom. The molecule has 0 bridgehead atoms. The quantitative estimate of drug-likeness (QED) is 0.391. The molecule has 4 heteroatoms. The van der Waals surface area contributed by atoms with E-state index < -0.39 is 12.5 Å². The number of hydrogen-bond acceptors (Lipinski definition) is 2. The largest absolute Gasteiger partial charge is 0.490 e. The van der Waals surface area contributed by atoms with Gasteiger partial charge in [-0.25, -0.2) is 0 Å². The van der Waals surface area contributed by atoms with Gasteiger partial charge >= 0.3 is 0 Å². The third-order valence-corrected chi connectivity index (χ3v) is 5.81. The van der Waals surface area contributed by atoms with Crippen molar-refractivity contribution >= 4 is 0 Å². The van der Waals surface area contributed by atoms with E-state index in [2.05, 4.69) is 6.92 Å². The van der Waals surface area contributed by atoms with Gasteiger partial charge in [-0.3, -0.25) is 4.39 Å². The predicted molar refractivity (Wildman–Crippen MR) is 114 cm³/mol. The topological polar surface area (TPSA) is 18.5 Å². The molecule has 0 aromatic heterocycles. The zero-order valence-electron chi connectivity index (χ0n) is 17.3. The Balaban J connectivity index is 1.70. The van der Waals surface area contributed by atoms with Crippen LogP contribution in [0.25, 0.3) is 11.1 Å². The molecule has 1 aliphatic carbocycles. The summed E-state index contributed by atoms with van der Waals surface area (Å²) in [7, 11) is 0. The fourth-order valence-electron chi connectivity index (χ4n) is 4.17. The fourth-order valence-corrected chi connectivity index (χ4v) is 4.17. The van der Waals surface area contributed by atoms with E-state index in [-0.39, 0.29) is 24.5 Å². The molecule has 1 fully saturated rings. The van der Waals surface area contributed by atoms with E-state index in [1.807, 2.05) is 36.4 Å². The van der Waals surface area contributed by atoms with E-state index in [1.165, 1.54) is 25.7 Å². The Kier molecular flexibility index (Phi) is 8.33. The highest BCUT2D eigenvalue weighted by atomic mass is 19.1. The average Bonchev–Trinajstić information content (AvgIpc) is 2.76. The van der Waals surface area contributed by atoms with Crippen LogP contribution in [-0.2, 0) is 0 Å². The Morgan fingerprint density at radius 1 is 0.931 bits per heavy atom. The maximum absolute atomic E-state index is 15.2. The standard InChI is InChI=1S/C25H32F2O2/c1-2-7-19-10-12-20(13-11-19)18-29-23-15-14-22(21-8-4-3-5-9-21)25(24(23)27)28-17-6-16-26/h3-5,8-9,14-15,19-20H,2,6-7,10-13,16-18H2,1H3/t19-,20-. The molecular weight excluding hydrogens is 370 g/mol. The van der Waals surface area contributed by atoms with Crippen molar-refractivity contribution in [2.45, 2.75) is 51.9 Å². The van der Waals surface area contributed by atoms with Crippen molar-refractivity contribution in [3.8, 4) is 22.6 Å². The highest BCUT2D eigenvalue weighted by molar-refractivity contribution is 5.72. The lowest BCUT2D eigenvalue weighted by molar-refractivity contribution is 0.173. The first-order valence-electron chi connectivity index (χ1n) is 10.9. The van der Waals surface area contributed by atoms with Gasteiger partial charge in [0.05, 0.1) is 19.9 Å². The van der Waals surface area contributed by atoms with E-state index in [0.717, 1.165) is 24.3 Å². The fraction of sp³-hybridized carbons (Fsp3) is 0.520. The lowest BCUT2D eigenvalue weighted by Crippen LogP contribution is -2.20. The summed E-state index contributed by atoms with van der Waals surface area (Å²) in [5.41, 5.74) is 1.52. The van der Waals surface area contributed by atoms with Crippen molar-refractivity contribution in [2.24, 2.45) is 11.8 Å². The molecule has 1 saturated carbocycles. The first kappa shape index (κ1) is 21.6. The van der Waals surface area contributed by atoms with Crippen LogP contribution < -0.4 is 9.47 Å². The highest BCUT2D eigenvalue weighted by Gasteiger charge is 2.23. The number of benzene rings is 2. The average molecular weight is 403 g/mol. The zero-order valence-corrected chi connectivity index (χ0v) is 17.3. The maximum Gasteiger partial charge on any atom is 0.207 e. The summed E-state index contributed by atoms with van der Waals surface area (Å²) in [6, 6.07) is 13.0. The van der Waals surface area contributed by atoms with Crippen LogP contribution in [0.2, 0.25) is 0 Å². The molecule has 1 aliphatic rings. The summed E-state index contributed by atoms with van der Waals surface area (Å²) >= 11 is 0. The summed E-state index contributed by atoms with van der Waals surface area (Å²) in [6.07, 6.45) is 7.57. The monoisotopic (exact) mass is 402 g/mol. The second kappa shape index (κ2) is 11.2. The lowest BCUT2D eigenvalue weighted by Gasteiger charge is -2.28. The van der Waals surface area contributed by atoms with Gasteiger partial charge in [0.25, 0.3) is 0 Å². The van der Waals surface area contributed by atoms with E-state index in [0.29, 0.717) is 18.1 Å². The molecule has 0 N–H and O–H groups in total. The molecule has 29 heavy (non-hydrogen) atoms. The number of hydrogen-bond donors (Lipinski definition) is 0. The Bertz CT molecular complexity index is 740. The molecule has 0 aliphatic heterocycles. The van der Waals surface area contributed by atoms with Gasteiger partial charge in [0.1, 0.15) is 0 Å². The molecule has 0 saturated heterocycles. The minimum absolute atomic E-state index is 0.137. The summed E-state index contributed by atoms with van der Waals surface area (Å²) < 4.78 is 39.2. The van der Waals surface area contributed by atoms with Crippen molar-refractivity contribution in [1.29, 1.82) is 0 Å². The highest BCUT2D eigenvalue weighted by Crippen LogP contribution is 2.38. The van der Waals surface area contributed by atoms with Crippen LogP contribution in [0.3, 0.4) is 0 Å². The van der Waals surface area contributed by atoms with Crippen molar-refractivity contribution in [1.82, 2.24) is 0 Å². The number of alkyl halides is 1. The number of ether oxygens (including phenoxy) is 2. The molecule has 0 unspecified atom stereocenters. The van der Waals surface area contributed by atoms with Crippen molar-refractivity contribution < 1.29 is 18.3 Å². The summed E-state index contributed by atoms with van der Waals surface area (Å²) in [5.74, 6) is 1.19. The summed E-state index contributed by atoms with van der Waals surface area (Å²) in [6.45, 7) is 2.42. The molecule has 158 valence electrons. The van der Waals surface area contributed by atoms with Gasteiger partial charge in [0.2, 0.25) is 5.82 Å². The van der Waals surface area contributed by atoms with Crippen LogP contribution in [0.5, 0.6) is 11.5 Å². The third kappa shape index (κ3) is 5.94. The van der Waals surface area contributed by atoms with Gasteiger partial charge in [0, 0.05) is 12.0 Å². The minimum atomic E-state index is -0.495. The molecule has 2 aromatic rings.